The number of anilines is 1. The Morgan fingerprint density at radius 3 is 2.90 bits per heavy atom. The van der Waals surface area contributed by atoms with Crippen LogP contribution in [0.25, 0.3) is 11.4 Å². The summed E-state index contributed by atoms with van der Waals surface area (Å²) in [5.74, 6) is 1.39. The van der Waals surface area contributed by atoms with Gasteiger partial charge in [-0.2, -0.15) is 10.1 Å². The molecule has 3 aromatic rings. The van der Waals surface area contributed by atoms with Crippen LogP contribution < -0.4 is 5.32 Å². The fourth-order valence-electron chi connectivity index (χ4n) is 3.86. The van der Waals surface area contributed by atoms with Crippen LogP contribution in [0.1, 0.15) is 55.7 Å². The molecule has 1 saturated carbocycles. The second-order valence-electron chi connectivity index (χ2n) is 8.01. The number of amides is 1. The highest BCUT2D eigenvalue weighted by Gasteiger charge is 2.16. The Morgan fingerprint density at radius 1 is 1.27 bits per heavy atom. The van der Waals surface area contributed by atoms with Gasteiger partial charge in [-0.05, 0) is 30.9 Å². The normalized spacial score (nSPS) is 14.7. The summed E-state index contributed by atoms with van der Waals surface area (Å²) in [6.45, 7) is 1.69. The summed E-state index contributed by atoms with van der Waals surface area (Å²) >= 11 is 0. The number of rotatable bonds is 7. The van der Waals surface area contributed by atoms with Crippen LogP contribution in [0, 0.1) is 18.7 Å². The van der Waals surface area contributed by atoms with Gasteiger partial charge in [0.15, 0.2) is 5.82 Å². The molecule has 1 aliphatic carbocycles. The van der Waals surface area contributed by atoms with E-state index in [1.54, 1.807) is 19.1 Å². The number of hydrogen-bond donors (Lipinski definition) is 2. The van der Waals surface area contributed by atoms with Crippen molar-refractivity contribution >= 4 is 11.7 Å². The van der Waals surface area contributed by atoms with Gasteiger partial charge in [0.2, 0.25) is 17.6 Å². The molecular weight excluding hydrogens is 385 g/mol. The highest BCUT2D eigenvalue weighted by atomic mass is 19.1. The molecule has 8 heteroatoms. The average molecular weight is 411 g/mol. The predicted molar refractivity (Wildman–Crippen MR) is 110 cm³/mol. The molecule has 7 nitrogen and oxygen atoms in total. The summed E-state index contributed by atoms with van der Waals surface area (Å²) in [6, 6.07) is 6.69. The van der Waals surface area contributed by atoms with Gasteiger partial charge in [0.05, 0.1) is 0 Å². The molecule has 0 spiro atoms. The first-order valence-electron chi connectivity index (χ1n) is 10.5. The van der Waals surface area contributed by atoms with Crippen molar-refractivity contribution in [1.82, 2.24) is 20.3 Å². The van der Waals surface area contributed by atoms with Crippen LogP contribution >= 0.6 is 0 Å². The number of nitrogens with one attached hydrogen (secondary N) is 2. The minimum Gasteiger partial charge on any atom is -0.339 e. The highest BCUT2D eigenvalue weighted by molar-refractivity contribution is 5.89. The number of H-pyrrole nitrogens is 1. The third-order valence-corrected chi connectivity index (χ3v) is 5.60. The molecule has 2 N–H and O–H groups in total. The Kier molecular flexibility index (Phi) is 6.21. The van der Waals surface area contributed by atoms with E-state index in [1.807, 2.05) is 6.07 Å². The summed E-state index contributed by atoms with van der Waals surface area (Å²) in [4.78, 5) is 16.5. The Bertz CT molecular complexity index is 1010. The largest absolute Gasteiger partial charge is 0.339 e. The van der Waals surface area contributed by atoms with E-state index in [-0.39, 0.29) is 18.1 Å². The highest BCUT2D eigenvalue weighted by Crippen LogP contribution is 2.26. The molecule has 0 bridgehead atoms. The standard InChI is InChI=1S/C22H26FN5O2/c1-14-7-8-16(12-18(14)23)22-25-21(30-28-22)10-9-20(29)24-19-13-17(26-27-19)11-15-5-3-2-4-6-15/h7-8,12-13,15H,2-6,9-11H2,1H3,(H2,24,26,27,29). The molecule has 158 valence electrons. The molecule has 1 aliphatic rings. The number of halogens is 1. The Balaban J connectivity index is 1.27. The lowest BCUT2D eigenvalue weighted by Crippen LogP contribution is -2.12. The van der Waals surface area contributed by atoms with Gasteiger partial charge < -0.3 is 9.84 Å². The quantitative estimate of drug-likeness (QED) is 0.592. The van der Waals surface area contributed by atoms with Crippen LogP contribution in [-0.4, -0.2) is 26.2 Å². The summed E-state index contributed by atoms with van der Waals surface area (Å²) in [6.07, 6.45) is 7.94. The van der Waals surface area contributed by atoms with Gasteiger partial charge in [0.1, 0.15) is 5.82 Å². The molecule has 0 aliphatic heterocycles. The molecule has 0 radical (unpaired) electrons. The summed E-state index contributed by atoms with van der Waals surface area (Å²) in [5.41, 5.74) is 2.16. The number of carbonyl (C=O) groups is 1. The van der Waals surface area contributed by atoms with Crippen molar-refractivity contribution in [3.05, 3.63) is 47.2 Å². The fourth-order valence-corrected chi connectivity index (χ4v) is 3.86. The molecule has 0 saturated heterocycles. The van der Waals surface area contributed by atoms with E-state index >= 15 is 0 Å². The topological polar surface area (TPSA) is 96.7 Å². The Labute approximate surface area is 174 Å². The summed E-state index contributed by atoms with van der Waals surface area (Å²) in [5, 5.41) is 13.9. The van der Waals surface area contributed by atoms with Crippen LogP contribution in [0.2, 0.25) is 0 Å². The zero-order valence-electron chi connectivity index (χ0n) is 17.1. The second-order valence-corrected chi connectivity index (χ2v) is 8.01. The van der Waals surface area contributed by atoms with E-state index in [2.05, 4.69) is 25.7 Å². The third kappa shape index (κ3) is 5.11. The van der Waals surface area contributed by atoms with E-state index in [0.717, 1.165) is 12.1 Å². The van der Waals surface area contributed by atoms with Crippen molar-refractivity contribution in [2.75, 3.05) is 5.32 Å². The number of aryl methyl sites for hydroxylation is 2. The maximum absolute atomic E-state index is 13.7. The third-order valence-electron chi connectivity index (χ3n) is 5.60. The van der Waals surface area contributed by atoms with Gasteiger partial charge in [0.25, 0.3) is 0 Å². The van der Waals surface area contributed by atoms with Crippen molar-refractivity contribution in [3.8, 4) is 11.4 Å². The van der Waals surface area contributed by atoms with Crippen LogP contribution in [0.4, 0.5) is 10.2 Å². The fraction of sp³-hybridized carbons (Fsp3) is 0.455. The van der Waals surface area contributed by atoms with Crippen molar-refractivity contribution < 1.29 is 13.7 Å². The lowest BCUT2D eigenvalue weighted by molar-refractivity contribution is -0.116. The lowest BCUT2D eigenvalue weighted by atomic mass is 9.86. The minimum absolute atomic E-state index is 0.174. The molecule has 2 aromatic heterocycles. The Morgan fingerprint density at radius 2 is 2.10 bits per heavy atom. The van der Waals surface area contributed by atoms with Crippen LogP contribution in [0.5, 0.6) is 0 Å². The number of carbonyl (C=O) groups excluding carboxylic acids is 1. The molecule has 1 amide bonds. The van der Waals surface area contributed by atoms with Gasteiger partial charge in [0, 0.05) is 30.2 Å². The van der Waals surface area contributed by atoms with Gasteiger partial charge in [-0.1, -0.05) is 49.4 Å². The molecule has 1 aromatic carbocycles. The van der Waals surface area contributed by atoms with Gasteiger partial charge in [-0.25, -0.2) is 4.39 Å². The molecule has 30 heavy (non-hydrogen) atoms. The number of aromatic nitrogens is 4. The molecule has 0 atom stereocenters. The molecule has 4 rings (SSSR count). The smallest absolute Gasteiger partial charge is 0.227 e. The predicted octanol–water partition coefficient (Wildman–Crippen LogP) is 4.60. The van der Waals surface area contributed by atoms with Crippen LogP contribution in [-0.2, 0) is 17.6 Å². The maximum atomic E-state index is 13.7. The molecule has 2 heterocycles. The van der Waals surface area contributed by atoms with E-state index in [9.17, 15) is 9.18 Å². The van der Waals surface area contributed by atoms with Gasteiger partial charge in [-0.15, -0.1) is 0 Å². The van der Waals surface area contributed by atoms with E-state index in [1.165, 1.54) is 38.2 Å². The summed E-state index contributed by atoms with van der Waals surface area (Å²) in [7, 11) is 0. The van der Waals surface area contributed by atoms with Gasteiger partial charge in [-0.3, -0.25) is 9.89 Å². The average Bonchev–Trinajstić information content (AvgIpc) is 3.39. The number of hydrogen-bond acceptors (Lipinski definition) is 5. The molecular formula is C22H26FN5O2. The van der Waals surface area contributed by atoms with Crippen molar-refractivity contribution in [1.29, 1.82) is 0 Å². The van der Waals surface area contributed by atoms with Crippen molar-refractivity contribution in [3.63, 3.8) is 0 Å². The van der Waals surface area contributed by atoms with Gasteiger partial charge >= 0.3 is 0 Å². The summed E-state index contributed by atoms with van der Waals surface area (Å²) < 4.78 is 18.9. The monoisotopic (exact) mass is 411 g/mol. The zero-order valence-corrected chi connectivity index (χ0v) is 17.1. The molecule has 1 fully saturated rings. The first-order valence-corrected chi connectivity index (χ1v) is 10.5. The number of aromatic amines is 1. The second kappa shape index (κ2) is 9.19. The number of benzene rings is 1. The Hall–Kier alpha value is -3.03. The van der Waals surface area contributed by atoms with Crippen LogP contribution in [0.15, 0.2) is 28.8 Å². The van der Waals surface area contributed by atoms with Crippen LogP contribution in [0.3, 0.4) is 0 Å². The SMILES string of the molecule is Cc1ccc(-c2noc(CCC(=O)Nc3cc(CC4CCCCC4)[nH]n3)n2)cc1F. The molecule has 0 unspecified atom stereocenters. The van der Waals surface area contributed by atoms with E-state index in [4.69, 9.17) is 4.52 Å². The van der Waals surface area contributed by atoms with Crippen molar-refractivity contribution in [2.24, 2.45) is 5.92 Å². The van der Waals surface area contributed by atoms with Crippen molar-refractivity contribution in [2.45, 2.75) is 58.3 Å². The number of nitrogens with zero attached hydrogens (tertiary/aromatic N) is 3. The first kappa shape index (κ1) is 20.3. The van der Waals surface area contributed by atoms with E-state index < -0.39 is 0 Å². The maximum Gasteiger partial charge on any atom is 0.227 e. The van der Waals surface area contributed by atoms with E-state index in [0.29, 0.717) is 41.0 Å². The first-order chi connectivity index (χ1) is 14.6. The minimum atomic E-state index is -0.319. The lowest BCUT2D eigenvalue weighted by Gasteiger charge is -2.20. The zero-order chi connectivity index (χ0) is 20.9.